The zero-order valence-corrected chi connectivity index (χ0v) is 15.2. The Balaban J connectivity index is 1.88. The second kappa shape index (κ2) is 4.13. The van der Waals surface area contributed by atoms with E-state index in [4.69, 9.17) is 4.98 Å². The van der Waals surface area contributed by atoms with Gasteiger partial charge < -0.3 is 0 Å². The van der Waals surface area contributed by atoms with Gasteiger partial charge in [0, 0.05) is 12.0 Å². The molecule has 106 valence electrons. The maximum absolute atomic E-state index is 4.89. The molecule has 2 heterocycles. The summed E-state index contributed by atoms with van der Waals surface area (Å²) < 4.78 is 3.96. The van der Waals surface area contributed by atoms with E-state index in [-0.39, 0.29) is 0 Å². The molecule has 0 atom stereocenters. The summed E-state index contributed by atoms with van der Waals surface area (Å²) in [4.78, 5) is 4.89. The molecule has 0 amide bonds. The minimum atomic E-state index is 1.01. The quantitative estimate of drug-likeness (QED) is 0.583. The molecule has 2 nitrogen and oxygen atoms in total. The van der Waals surface area contributed by atoms with Crippen molar-refractivity contribution in [2.24, 2.45) is 0 Å². The van der Waals surface area contributed by atoms with Crippen LogP contribution < -0.4 is 4.43 Å². The molecule has 2 aliphatic rings. The zero-order chi connectivity index (χ0) is 15.0. The summed E-state index contributed by atoms with van der Waals surface area (Å²) in [7, 11) is 0. The number of fused-ring (bicyclic) bond motifs is 6. The molecule has 3 heteroatoms. The lowest BCUT2D eigenvalue weighted by molar-refractivity contribution is 0.974. The minimum absolute atomic E-state index is 1.01. The number of benzene rings is 2. The van der Waals surface area contributed by atoms with Gasteiger partial charge in [-0.3, -0.25) is 4.57 Å². The topological polar surface area (TPSA) is 17.8 Å². The standard InChI is InChI=1S/C19H15N2.Al.2H/c1-11-5-3-7-13-9-14-10-16-20-15-8-4-6-12(2)18(15)21(16)19(14)17(11)13;;;/h3-4,6-8H,9-10H2,1-2H3;;;. The maximum Gasteiger partial charge on any atom is 0.259 e. The van der Waals surface area contributed by atoms with Crippen molar-refractivity contribution < 1.29 is 0 Å². The summed E-state index contributed by atoms with van der Waals surface area (Å²) in [5, 5.41) is 0. The van der Waals surface area contributed by atoms with Crippen molar-refractivity contribution in [2.45, 2.75) is 26.7 Å². The van der Waals surface area contributed by atoms with Crippen molar-refractivity contribution in [1.82, 2.24) is 9.55 Å². The van der Waals surface area contributed by atoms with Gasteiger partial charge in [0.1, 0.15) is 5.82 Å². The van der Waals surface area contributed by atoms with Crippen molar-refractivity contribution in [3.63, 3.8) is 0 Å². The molecule has 3 aromatic rings. The lowest BCUT2D eigenvalue weighted by atomic mass is 10.0. The zero-order valence-electron chi connectivity index (χ0n) is 13.2. The number of imidazole rings is 1. The average Bonchev–Trinajstić information content (AvgIpc) is 3.10. The van der Waals surface area contributed by atoms with Crippen LogP contribution in [0.15, 0.2) is 35.9 Å². The monoisotopic (exact) mass is 300 g/mol. The number of rotatable bonds is 0. The molecule has 0 radical (unpaired) electrons. The Kier molecular flexibility index (Phi) is 2.38. The summed E-state index contributed by atoms with van der Waals surface area (Å²) in [5.41, 5.74) is 11.2. The van der Waals surface area contributed by atoms with E-state index in [2.05, 4.69) is 48.7 Å². The molecule has 0 unspecified atom stereocenters. The number of hydrogen-bond donors (Lipinski definition) is 0. The van der Waals surface area contributed by atoms with E-state index >= 15 is 0 Å². The lowest BCUT2D eigenvalue weighted by Crippen LogP contribution is -2.12. The molecule has 0 fully saturated rings. The Bertz CT molecular complexity index is 1010. The fourth-order valence-electron chi connectivity index (χ4n) is 4.15. The van der Waals surface area contributed by atoms with E-state index in [1.165, 1.54) is 43.7 Å². The van der Waals surface area contributed by atoms with E-state index < -0.39 is 0 Å². The molecule has 1 aliphatic heterocycles. The first kappa shape index (κ1) is 12.7. The first-order valence-electron chi connectivity index (χ1n) is 7.94. The molecule has 0 bridgehead atoms. The van der Waals surface area contributed by atoms with Gasteiger partial charge in [-0.05, 0) is 43.0 Å². The van der Waals surface area contributed by atoms with E-state index in [0.717, 1.165) is 34.6 Å². The molecule has 22 heavy (non-hydrogen) atoms. The van der Waals surface area contributed by atoms with Gasteiger partial charge in [-0.25, -0.2) is 4.98 Å². The van der Waals surface area contributed by atoms with Crippen molar-refractivity contribution in [3.8, 4) is 0 Å². The summed E-state index contributed by atoms with van der Waals surface area (Å²) in [6, 6.07) is 11.1. The predicted molar refractivity (Wildman–Crippen MR) is 93.6 cm³/mol. The summed E-state index contributed by atoms with van der Waals surface area (Å²) in [5.74, 6) is 1.22. The van der Waals surface area contributed by atoms with Crippen molar-refractivity contribution in [2.75, 3.05) is 0 Å². The van der Waals surface area contributed by atoms with Crippen LogP contribution in [0.1, 0.15) is 28.1 Å². The van der Waals surface area contributed by atoms with Gasteiger partial charge >= 0.3 is 0 Å². The molecular formula is C19H17AlN2. The van der Waals surface area contributed by atoms with Crippen LogP contribution in [0.2, 0.25) is 0 Å². The Morgan fingerprint density at radius 2 is 1.95 bits per heavy atom. The smallest absolute Gasteiger partial charge is 0.259 e. The third-order valence-corrected chi connectivity index (χ3v) is 6.42. The Labute approximate surface area is 137 Å². The number of hydrogen-bond acceptors (Lipinski definition) is 1. The molecule has 2 aromatic carbocycles. The highest BCUT2D eigenvalue weighted by Crippen LogP contribution is 2.43. The first-order valence-corrected chi connectivity index (χ1v) is 8.94. The SMILES string of the molecule is Cc1[c]([AlH2])ccc2c1C1=C(C2)Cc2nc3cccc(C)c3n21. The Morgan fingerprint density at radius 1 is 1.09 bits per heavy atom. The number of nitrogens with zero attached hydrogens (tertiary/aromatic N) is 2. The normalized spacial score (nSPS) is 15.4. The lowest BCUT2D eigenvalue weighted by Gasteiger charge is -2.14. The third-order valence-electron chi connectivity index (χ3n) is 5.34. The number of para-hydroxylation sites is 1. The van der Waals surface area contributed by atoms with Crippen molar-refractivity contribution in [1.29, 1.82) is 0 Å². The highest BCUT2D eigenvalue weighted by Gasteiger charge is 2.33. The van der Waals surface area contributed by atoms with Crippen LogP contribution in [0.25, 0.3) is 16.7 Å². The second-order valence-corrected chi connectivity index (χ2v) is 7.73. The van der Waals surface area contributed by atoms with Crippen molar-refractivity contribution >= 4 is 37.4 Å². The molecular weight excluding hydrogens is 283 g/mol. The van der Waals surface area contributed by atoms with Crippen LogP contribution in [0, 0.1) is 13.8 Å². The summed E-state index contributed by atoms with van der Waals surface area (Å²) >= 11 is 1.11. The second-order valence-electron chi connectivity index (χ2n) is 6.65. The van der Waals surface area contributed by atoms with E-state index in [1.54, 1.807) is 5.57 Å². The van der Waals surface area contributed by atoms with Gasteiger partial charge in [-0.15, -0.1) is 4.43 Å². The first-order chi connectivity index (χ1) is 10.6. The predicted octanol–water partition coefficient (Wildman–Crippen LogP) is 2.28. The summed E-state index contributed by atoms with van der Waals surface area (Å²) in [6.45, 7) is 4.49. The van der Waals surface area contributed by atoms with E-state index in [0.29, 0.717) is 0 Å². The van der Waals surface area contributed by atoms with Crippen LogP contribution in [0.4, 0.5) is 0 Å². The largest absolute Gasteiger partial charge is 0.295 e. The fraction of sp³-hybridized carbons (Fsp3) is 0.211. The minimum Gasteiger partial charge on any atom is -0.295 e. The summed E-state index contributed by atoms with van der Waals surface area (Å²) in [6.07, 6.45) is 2.11. The van der Waals surface area contributed by atoms with Gasteiger partial charge in [0.15, 0.2) is 0 Å². The van der Waals surface area contributed by atoms with Gasteiger partial charge in [0.05, 0.1) is 16.7 Å². The van der Waals surface area contributed by atoms with E-state index in [1.807, 2.05) is 0 Å². The number of allylic oxidation sites excluding steroid dienone is 1. The molecule has 1 aromatic heterocycles. The van der Waals surface area contributed by atoms with Crippen LogP contribution >= 0.6 is 0 Å². The molecule has 1 aliphatic carbocycles. The number of aryl methyl sites for hydroxylation is 1. The molecule has 0 N–H and O–H groups in total. The van der Waals surface area contributed by atoms with Gasteiger partial charge in [-0.2, -0.15) is 0 Å². The van der Waals surface area contributed by atoms with Gasteiger partial charge in [0.2, 0.25) is 0 Å². The average molecular weight is 300 g/mol. The highest BCUT2D eigenvalue weighted by atomic mass is 27.0. The Morgan fingerprint density at radius 3 is 2.82 bits per heavy atom. The third kappa shape index (κ3) is 1.43. The van der Waals surface area contributed by atoms with Crippen LogP contribution in [-0.4, -0.2) is 25.8 Å². The fourth-order valence-corrected chi connectivity index (χ4v) is 4.57. The molecule has 5 rings (SSSR count). The molecule has 0 spiro atoms. The van der Waals surface area contributed by atoms with Gasteiger partial charge in [0.25, 0.3) is 16.3 Å². The van der Waals surface area contributed by atoms with Gasteiger partial charge in [-0.1, -0.05) is 29.8 Å². The highest BCUT2D eigenvalue weighted by molar-refractivity contribution is 6.33. The van der Waals surface area contributed by atoms with Crippen LogP contribution in [0.5, 0.6) is 0 Å². The maximum atomic E-state index is 4.89. The number of aromatic nitrogens is 2. The van der Waals surface area contributed by atoms with Crippen molar-refractivity contribution in [3.05, 3.63) is 64.0 Å². The molecule has 0 saturated carbocycles. The Hall–Kier alpha value is -1.82. The van der Waals surface area contributed by atoms with Crippen LogP contribution in [-0.2, 0) is 12.8 Å². The molecule has 0 saturated heterocycles. The van der Waals surface area contributed by atoms with Crippen LogP contribution in [0.3, 0.4) is 0 Å². The van der Waals surface area contributed by atoms with E-state index in [9.17, 15) is 0 Å².